The van der Waals surface area contributed by atoms with Crippen molar-refractivity contribution in [2.24, 2.45) is 5.92 Å². The van der Waals surface area contributed by atoms with Gasteiger partial charge in [-0.1, -0.05) is 30.1 Å². The highest BCUT2D eigenvalue weighted by Gasteiger charge is 2.31. The van der Waals surface area contributed by atoms with Crippen LogP contribution in [0.15, 0.2) is 18.3 Å². The Hall–Kier alpha value is -3.79. The molecular weight excluding hydrogens is 530 g/mol. The molecule has 0 radical (unpaired) electrons. The number of aromatic nitrogens is 3. The number of carbonyl (C=O) groups excluding carboxylic acids is 1. The second-order valence-corrected chi connectivity index (χ2v) is 11.0. The van der Waals surface area contributed by atoms with Crippen LogP contribution in [0.1, 0.15) is 37.9 Å². The lowest BCUT2D eigenvalue weighted by atomic mass is 9.97. The van der Waals surface area contributed by atoms with Crippen LogP contribution in [0.3, 0.4) is 0 Å². The Labute approximate surface area is 237 Å². The van der Waals surface area contributed by atoms with Gasteiger partial charge in [0, 0.05) is 37.0 Å². The smallest absolute Gasteiger partial charge is 0.328 e. The topological polar surface area (TPSA) is 126 Å². The minimum atomic E-state index is -0.745. The lowest BCUT2D eigenvalue weighted by molar-refractivity contribution is -0.142. The number of urea groups is 1. The number of piperidine rings is 1. The Balaban J connectivity index is 1.52. The third kappa shape index (κ3) is 5.45. The molecule has 0 saturated carbocycles. The third-order valence-electron chi connectivity index (χ3n) is 7.32. The average Bonchev–Trinajstić information content (AvgIpc) is 3.40. The summed E-state index contributed by atoms with van der Waals surface area (Å²) in [4.78, 5) is 46.4. The van der Waals surface area contributed by atoms with Crippen molar-refractivity contribution in [1.82, 2.24) is 24.8 Å². The van der Waals surface area contributed by atoms with Crippen molar-refractivity contribution >= 4 is 44.6 Å². The van der Waals surface area contributed by atoms with Crippen LogP contribution in [-0.2, 0) is 11.2 Å². The highest BCUT2D eigenvalue weighted by molar-refractivity contribution is 7.22. The molecule has 2 aromatic heterocycles. The molecule has 12 heteroatoms. The second kappa shape index (κ2) is 11.8. The van der Waals surface area contributed by atoms with E-state index in [4.69, 9.17) is 9.97 Å². The third-order valence-corrected chi connectivity index (χ3v) is 8.45. The zero-order chi connectivity index (χ0) is 28.4. The molecule has 3 aromatic rings. The number of hydrogen-bond acceptors (Lipinski definition) is 9. The van der Waals surface area contributed by atoms with Crippen molar-refractivity contribution in [2.75, 3.05) is 56.4 Å². The standard InChI is InChI=1S/C28H33N7O4S/c1-4-22-21(15-29-26(30-22)34-10-8-18(9-11-34)25(37)38)20-13-19(7-6-12-36)24-23(14-20)31-27(40-24)35-17-32(3)16-33(5-2)28(35)39/h13-15,18,36H,4-5,8-12,16-17H2,1-3H3,(H,37,38). The predicted octanol–water partition coefficient (Wildman–Crippen LogP) is 3.07. The lowest BCUT2D eigenvalue weighted by Crippen LogP contribution is -2.56. The molecule has 0 atom stereocenters. The normalized spacial score (nSPS) is 16.9. The van der Waals surface area contributed by atoms with Gasteiger partial charge in [0.15, 0.2) is 5.13 Å². The van der Waals surface area contributed by atoms with E-state index < -0.39 is 5.97 Å². The summed E-state index contributed by atoms with van der Waals surface area (Å²) < 4.78 is 0.848. The van der Waals surface area contributed by atoms with Crippen molar-refractivity contribution in [3.63, 3.8) is 0 Å². The number of carboxylic acid groups (broad SMARTS) is 1. The van der Waals surface area contributed by atoms with Crippen molar-refractivity contribution in [1.29, 1.82) is 0 Å². The summed E-state index contributed by atoms with van der Waals surface area (Å²) in [6.07, 6.45) is 3.63. The van der Waals surface area contributed by atoms with E-state index >= 15 is 0 Å². The zero-order valence-corrected chi connectivity index (χ0v) is 23.7. The van der Waals surface area contributed by atoms with Crippen molar-refractivity contribution in [3.05, 3.63) is 29.6 Å². The Bertz CT molecular complexity index is 1490. The summed E-state index contributed by atoms with van der Waals surface area (Å²) in [5, 5.41) is 19.3. The summed E-state index contributed by atoms with van der Waals surface area (Å²) in [7, 11) is 1.97. The number of nitrogens with zero attached hydrogens (tertiary/aromatic N) is 7. The maximum absolute atomic E-state index is 13.1. The van der Waals surface area contributed by atoms with Gasteiger partial charge in [-0.05, 0) is 50.9 Å². The van der Waals surface area contributed by atoms with Gasteiger partial charge in [-0.25, -0.2) is 19.7 Å². The van der Waals surface area contributed by atoms with Crippen molar-refractivity contribution in [3.8, 4) is 23.0 Å². The molecule has 2 aliphatic heterocycles. The molecule has 2 N–H and O–H groups in total. The first-order valence-corrected chi connectivity index (χ1v) is 14.3. The van der Waals surface area contributed by atoms with E-state index in [0.29, 0.717) is 68.8 Å². The van der Waals surface area contributed by atoms with Gasteiger partial charge in [0.25, 0.3) is 0 Å². The van der Waals surface area contributed by atoms with Crippen LogP contribution in [-0.4, -0.2) is 93.6 Å². The first-order chi connectivity index (χ1) is 19.3. The Kier molecular flexibility index (Phi) is 8.16. The van der Waals surface area contributed by atoms with Gasteiger partial charge in [-0.2, -0.15) is 0 Å². The number of benzene rings is 1. The number of thiazole rings is 1. The fraction of sp³-hybridized carbons (Fsp3) is 0.464. The Morgan fingerprint density at radius 3 is 2.62 bits per heavy atom. The summed E-state index contributed by atoms with van der Waals surface area (Å²) in [5.41, 5.74) is 4.02. The molecule has 11 nitrogen and oxygen atoms in total. The molecule has 4 heterocycles. The number of rotatable bonds is 6. The summed E-state index contributed by atoms with van der Waals surface area (Å²) in [6, 6.07) is 3.86. The van der Waals surface area contributed by atoms with Gasteiger partial charge in [-0.15, -0.1) is 0 Å². The van der Waals surface area contributed by atoms with Crippen LogP contribution in [0.2, 0.25) is 0 Å². The van der Waals surface area contributed by atoms with E-state index in [9.17, 15) is 19.8 Å². The first-order valence-electron chi connectivity index (χ1n) is 13.5. The minimum Gasteiger partial charge on any atom is -0.481 e. The van der Waals surface area contributed by atoms with Gasteiger partial charge in [-0.3, -0.25) is 14.6 Å². The number of aliphatic hydroxyl groups excluding tert-OH is 1. The molecule has 0 aliphatic carbocycles. The Morgan fingerprint density at radius 1 is 1.18 bits per heavy atom. The molecular formula is C28H33N7O4S. The summed E-state index contributed by atoms with van der Waals surface area (Å²) >= 11 is 1.41. The minimum absolute atomic E-state index is 0.0764. The van der Waals surface area contributed by atoms with E-state index in [2.05, 4.69) is 21.7 Å². The molecule has 2 amide bonds. The van der Waals surface area contributed by atoms with Gasteiger partial charge in [0.05, 0.1) is 35.2 Å². The Morgan fingerprint density at radius 2 is 1.95 bits per heavy atom. The molecule has 0 unspecified atom stereocenters. The highest BCUT2D eigenvalue weighted by Crippen LogP contribution is 2.37. The summed E-state index contributed by atoms with van der Waals surface area (Å²) in [6.45, 7) is 6.56. The van der Waals surface area contributed by atoms with E-state index in [-0.39, 0.29) is 18.6 Å². The molecule has 2 saturated heterocycles. The van der Waals surface area contributed by atoms with E-state index in [0.717, 1.165) is 27.1 Å². The molecule has 0 spiro atoms. The van der Waals surface area contributed by atoms with Crippen LogP contribution in [0.4, 0.5) is 15.9 Å². The van der Waals surface area contributed by atoms with Gasteiger partial charge in [0.1, 0.15) is 6.61 Å². The average molecular weight is 564 g/mol. The van der Waals surface area contributed by atoms with Crippen LogP contribution in [0, 0.1) is 17.8 Å². The van der Waals surface area contributed by atoms with Gasteiger partial charge in [0.2, 0.25) is 5.95 Å². The molecule has 40 heavy (non-hydrogen) atoms. The molecule has 1 aromatic carbocycles. The second-order valence-electron chi connectivity index (χ2n) is 10.0. The van der Waals surface area contributed by atoms with Gasteiger partial charge >= 0.3 is 12.0 Å². The number of carbonyl (C=O) groups is 2. The predicted molar refractivity (Wildman–Crippen MR) is 154 cm³/mol. The highest BCUT2D eigenvalue weighted by atomic mass is 32.1. The quantitative estimate of drug-likeness (QED) is 0.435. The largest absolute Gasteiger partial charge is 0.481 e. The number of anilines is 2. The molecule has 210 valence electrons. The molecule has 2 fully saturated rings. The number of amides is 2. The molecule has 0 bridgehead atoms. The van der Waals surface area contributed by atoms with E-state index in [1.165, 1.54) is 11.3 Å². The van der Waals surface area contributed by atoms with E-state index in [1.807, 2.05) is 44.1 Å². The number of fused-ring (bicyclic) bond motifs is 1. The number of aliphatic carboxylic acids is 1. The first kappa shape index (κ1) is 27.8. The van der Waals surface area contributed by atoms with Crippen molar-refractivity contribution < 1.29 is 19.8 Å². The van der Waals surface area contributed by atoms with Crippen molar-refractivity contribution in [2.45, 2.75) is 33.1 Å². The monoisotopic (exact) mass is 563 g/mol. The molecule has 2 aliphatic rings. The van der Waals surface area contributed by atoms with Crippen LogP contribution in [0.5, 0.6) is 0 Å². The number of hydrogen-bond donors (Lipinski definition) is 2. The number of aryl methyl sites for hydroxylation is 1. The summed E-state index contributed by atoms with van der Waals surface area (Å²) in [5.74, 6) is 5.36. The fourth-order valence-corrected chi connectivity index (χ4v) is 6.16. The molecule has 5 rings (SSSR count). The van der Waals surface area contributed by atoms with E-state index in [1.54, 1.807) is 9.80 Å². The van der Waals surface area contributed by atoms with Crippen LogP contribution in [0.25, 0.3) is 21.3 Å². The zero-order valence-electron chi connectivity index (χ0n) is 22.9. The van der Waals surface area contributed by atoms with Crippen LogP contribution < -0.4 is 9.80 Å². The fourth-order valence-electron chi connectivity index (χ4n) is 5.16. The number of aliphatic hydroxyl groups is 1. The maximum atomic E-state index is 13.1. The van der Waals surface area contributed by atoms with Gasteiger partial charge < -0.3 is 20.0 Å². The SMILES string of the molecule is CCc1nc(N2CCC(C(=O)O)CC2)ncc1-c1cc(C#CCO)c2sc(N3CN(C)CN(CC)C3=O)nc2c1. The van der Waals surface area contributed by atoms with Crippen LogP contribution >= 0.6 is 11.3 Å². The lowest BCUT2D eigenvalue weighted by Gasteiger charge is -2.38. The maximum Gasteiger partial charge on any atom is 0.328 e. The number of carboxylic acids is 1.